The average Bonchev–Trinajstić information content (AvgIpc) is 3.26. The van der Waals surface area contributed by atoms with Crippen LogP contribution in [-0.4, -0.2) is 43.6 Å². The summed E-state index contributed by atoms with van der Waals surface area (Å²) in [4.78, 5) is 19.1. The Morgan fingerprint density at radius 3 is 3.08 bits per heavy atom. The second kappa shape index (κ2) is 7.64. The van der Waals surface area contributed by atoms with Crippen LogP contribution >= 0.6 is 0 Å². The Hall–Kier alpha value is -2.11. The van der Waals surface area contributed by atoms with E-state index in [9.17, 15) is 4.79 Å². The van der Waals surface area contributed by atoms with Crippen molar-refractivity contribution in [3.05, 3.63) is 36.2 Å². The van der Waals surface area contributed by atoms with Crippen LogP contribution in [0.5, 0.6) is 0 Å². The molecule has 130 valence electrons. The van der Waals surface area contributed by atoms with E-state index in [1.165, 1.54) is 5.56 Å². The van der Waals surface area contributed by atoms with Crippen LogP contribution in [0.15, 0.2) is 24.8 Å². The molecule has 3 heterocycles. The van der Waals surface area contributed by atoms with Gasteiger partial charge in [0, 0.05) is 50.1 Å². The van der Waals surface area contributed by atoms with Crippen molar-refractivity contribution in [1.82, 2.24) is 24.6 Å². The number of amides is 1. The molecular formula is C18H27N5O. The number of nitrogens with one attached hydrogen (secondary N) is 1. The fourth-order valence-electron chi connectivity index (χ4n) is 3.51. The summed E-state index contributed by atoms with van der Waals surface area (Å²) in [6.07, 6.45) is 12.2. The number of likely N-dealkylation sites (tertiary alicyclic amines) is 1. The van der Waals surface area contributed by atoms with Gasteiger partial charge in [0.15, 0.2) is 0 Å². The smallest absolute Gasteiger partial charge is 0.222 e. The van der Waals surface area contributed by atoms with Crippen LogP contribution in [0.2, 0.25) is 0 Å². The largest absolute Gasteiger partial charge is 0.342 e. The first-order valence-electron chi connectivity index (χ1n) is 8.93. The first-order valence-corrected chi connectivity index (χ1v) is 8.93. The van der Waals surface area contributed by atoms with Crippen molar-refractivity contribution in [1.29, 1.82) is 0 Å². The molecule has 1 saturated heterocycles. The summed E-state index contributed by atoms with van der Waals surface area (Å²) in [7, 11) is 0. The summed E-state index contributed by atoms with van der Waals surface area (Å²) in [5.41, 5.74) is 1.17. The van der Waals surface area contributed by atoms with E-state index in [1.807, 2.05) is 29.7 Å². The van der Waals surface area contributed by atoms with Gasteiger partial charge in [0.2, 0.25) is 5.91 Å². The number of rotatable bonds is 6. The van der Waals surface area contributed by atoms with Gasteiger partial charge in [-0.1, -0.05) is 0 Å². The number of piperidine rings is 1. The molecular weight excluding hydrogens is 302 g/mol. The van der Waals surface area contributed by atoms with Gasteiger partial charge in [-0.05, 0) is 45.1 Å². The van der Waals surface area contributed by atoms with Crippen molar-refractivity contribution in [2.75, 3.05) is 13.1 Å². The Labute approximate surface area is 143 Å². The zero-order chi connectivity index (χ0) is 16.9. The fourth-order valence-corrected chi connectivity index (χ4v) is 3.51. The van der Waals surface area contributed by atoms with Gasteiger partial charge in [-0.2, -0.15) is 5.10 Å². The monoisotopic (exact) mass is 329 g/mol. The molecule has 1 fully saturated rings. The summed E-state index contributed by atoms with van der Waals surface area (Å²) in [6, 6.07) is 0.406. The topological polar surface area (TPSA) is 66.8 Å². The number of nitrogens with zero attached hydrogens (tertiary/aromatic N) is 4. The van der Waals surface area contributed by atoms with Crippen molar-refractivity contribution >= 4 is 5.91 Å². The summed E-state index contributed by atoms with van der Waals surface area (Å²) >= 11 is 0. The van der Waals surface area contributed by atoms with Crippen LogP contribution < -0.4 is 0 Å². The lowest BCUT2D eigenvalue weighted by molar-refractivity contribution is -0.132. The molecule has 6 heteroatoms. The maximum atomic E-state index is 12.5. The first-order chi connectivity index (χ1) is 11.6. The number of H-pyrrole nitrogens is 1. The third-order valence-electron chi connectivity index (χ3n) is 4.81. The number of imidazole rings is 1. The number of aryl methyl sites for hydroxylation is 1. The molecule has 0 saturated carbocycles. The van der Waals surface area contributed by atoms with Gasteiger partial charge >= 0.3 is 0 Å². The highest BCUT2D eigenvalue weighted by Gasteiger charge is 2.27. The van der Waals surface area contributed by atoms with Crippen LogP contribution in [0, 0.1) is 0 Å². The molecule has 1 aliphatic heterocycles. The normalized spacial score (nSPS) is 18.3. The zero-order valence-corrected chi connectivity index (χ0v) is 14.6. The molecule has 0 unspecified atom stereocenters. The maximum Gasteiger partial charge on any atom is 0.222 e. The maximum absolute atomic E-state index is 12.5. The molecule has 2 aromatic heterocycles. The Morgan fingerprint density at radius 1 is 1.46 bits per heavy atom. The fraction of sp³-hybridized carbons (Fsp3) is 0.611. The number of aromatic nitrogens is 4. The molecule has 0 bridgehead atoms. The SMILES string of the molecule is CC(C)n1ccnc1[C@@H]1CCCN(C(=O)CCCc2cn[nH]c2)C1. The molecule has 0 spiro atoms. The summed E-state index contributed by atoms with van der Waals surface area (Å²) in [5.74, 6) is 1.75. The van der Waals surface area contributed by atoms with E-state index in [0.29, 0.717) is 18.4 Å². The highest BCUT2D eigenvalue weighted by Crippen LogP contribution is 2.28. The minimum atomic E-state index is 0.269. The van der Waals surface area contributed by atoms with E-state index in [0.717, 1.165) is 44.6 Å². The first kappa shape index (κ1) is 16.7. The standard InChI is InChI=1S/C18H27N5O/c1-14(2)23-10-8-19-18(23)16-6-4-9-22(13-16)17(24)7-3-5-15-11-20-21-12-15/h8,10-12,14,16H,3-7,9,13H2,1-2H3,(H,20,21)/t16-/m1/s1. The summed E-state index contributed by atoms with van der Waals surface area (Å²) in [6.45, 7) is 6.03. The van der Waals surface area contributed by atoms with E-state index < -0.39 is 0 Å². The molecule has 0 aliphatic carbocycles. The van der Waals surface area contributed by atoms with Crippen molar-refractivity contribution < 1.29 is 4.79 Å². The highest BCUT2D eigenvalue weighted by atomic mass is 16.2. The van der Waals surface area contributed by atoms with Gasteiger partial charge < -0.3 is 9.47 Å². The molecule has 1 aliphatic rings. The molecule has 1 atom stereocenters. The minimum absolute atomic E-state index is 0.269. The van der Waals surface area contributed by atoms with Crippen molar-refractivity contribution in [3.63, 3.8) is 0 Å². The number of carbonyl (C=O) groups is 1. The van der Waals surface area contributed by atoms with Crippen LogP contribution in [-0.2, 0) is 11.2 Å². The number of hydrogen-bond acceptors (Lipinski definition) is 3. The van der Waals surface area contributed by atoms with Gasteiger partial charge in [-0.3, -0.25) is 9.89 Å². The number of carbonyl (C=O) groups excluding carboxylic acids is 1. The minimum Gasteiger partial charge on any atom is -0.342 e. The summed E-state index contributed by atoms with van der Waals surface area (Å²) < 4.78 is 2.23. The summed E-state index contributed by atoms with van der Waals surface area (Å²) in [5, 5.41) is 6.75. The third-order valence-corrected chi connectivity index (χ3v) is 4.81. The average molecular weight is 329 g/mol. The lowest BCUT2D eigenvalue weighted by atomic mass is 9.96. The lowest BCUT2D eigenvalue weighted by Crippen LogP contribution is -2.39. The van der Waals surface area contributed by atoms with Gasteiger partial charge in [0.25, 0.3) is 0 Å². The Kier molecular flexibility index (Phi) is 5.33. The number of aromatic amines is 1. The Balaban J connectivity index is 1.54. The van der Waals surface area contributed by atoms with E-state index in [1.54, 1.807) is 0 Å². The van der Waals surface area contributed by atoms with Crippen LogP contribution in [0.1, 0.15) is 62.9 Å². The molecule has 2 aromatic rings. The molecule has 1 amide bonds. The molecule has 0 radical (unpaired) electrons. The zero-order valence-electron chi connectivity index (χ0n) is 14.6. The molecule has 6 nitrogen and oxygen atoms in total. The van der Waals surface area contributed by atoms with Gasteiger partial charge in [-0.15, -0.1) is 0 Å². The van der Waals surface area contributed by atoms with Crippen molar-refractivity contribution in [2.24, 2.45) is 0 Å². The molecule has 3 rings (SSSR count). The van der Waals surface area contributed by atoms with Crippen molar-refractivity contribution in [3.8, 4) is 0 Å². The van der Waals surface area contributed by atoms with Crippen LogP contribution in [0.3, 0.4) is 0 Å². The van der Waals surface area contributed by atoms with Crippen LogP contribution in [0.4, 0.5) is 0 Å². The predicted molar refractivity (Wildman–Crippen MR) is 92.7 cm³/mol. The molecule has 0 aromatic carbocycles. The van der Waals surface area contributed by atoms with Gasteiger partial charge in [0.05, 0.1) is 6.20 Å². The van der Waals surface area contributed by atoms with Crippen molar-refractivity contribution in [2.45, 2.75) is 57.9 Å². The predicted octanol–water partition coefficient (Wildman–Crippen LogP) is 2.92. The molecule has 1 N–H and O–H groups in total. The third kappa shape index (κ3) is 3.86. The highest BCUT2D eigenvalue weighted by molar-refractivity contribution is 5.76. The molecule has 24 heavy (non-hydrogen) atoms. The quantitative estimate of drug-likeness (QED) is 0.886. The van der Waals surface area contributed by atoms with E-state index >= 15 is 0 Å². The van der Waals surface area contributed by atoms with E-state index in [2.05, 4.69) is 33.6 Å². The lowest BCUT2D eigenvalue weighted by Gasteiger charge is -2.33. The van der Waals surface area contributed by atoms with E-state index in [4.69, 9.17) is 0 Å². The Bertz CT molecular complexity index is 646. The van der Waals surface area contributed by atoms with Gasteiger partial charge in [-0.25, -0.2) is 4.98 Å². The second-order valence-corrected chi connectivity index (χ2v) is 6.93. The van der Waals surface area contributed by atoms with Crippen LogP contribution in [0.25, 0.3) is 0 Å². The van der Waals surface area contributed by atoms with E-state index in [-0.39, 0.29) is 5.91 Å². The Morgan fingerprint density at radius 2 is 2.33 bits per heavy atom. The van der Waals surface area contributed by atoms with Gasteiger partial charge in [0.1, 0.15) is 5.82 Å². The second-order valence-electron chi connectivity index (χ2n) is 6.93. The number of hydrogen-bond donors (Lipinski definition) is 1.